The van der Waals surface area contributed by atoms with E-state index in [9.17, 15) is 0 Å². The average molecular weight is 228 g/mol. The minimum atomic E-state index is 0.249. The molecule has 1 atom stereocenters. The van der Waals surface area contributed by atoms with Gasteiger partial charge in [0.2, 0.25) is 0 Å². The standard InChI is InChI=1S/C10H14ClN3O/c1-8-7-14(3-2-4-15-8)9-5-10(11)13-12-6-9/h5-6,8H,2-4,7H2,1H3. The van der Waals surface area contributed by atoms with Crippen LogP contribution in [-0.4, -0.2) is 36.0 Å². The van der Waals surface area contributed by atoms with Crippen LogP contribution in [0.1, 0.15) is 13.3 Å². The van der Waals surface area contributed by atoms with Gasteiger partial charge >= 0.3 is 0 Å². The summed E-state index contributed by atoms with van der Waals surface area (Å²) < 4.78 is 5.57. The van der Waals surface area contributed by atoms with E-state index in [-0.39, 0.29) is 6.10 Å². The number of aromatic nitrogens is 2. The van der Waals surface area contributed by atoms with Crippen molar-refractivity contribution < 1.29 is 4.74 Å². The fourth-order valence-electron chi connectivity index (χ4n) is 1.73. The van der Waals surface area contributed by atoms with Crippen molar-refractivity contribution in [1.29, 1.82) is 0 Å². The Morgan fingerprint density at radius 3 is 3.27 bits per heavy atom. The van der Waals surface area contributed by atoms with Crippen molar-refractivity contribution in [1.82, 2.24) is 10.2 Å². The first kappa shape index (κ1) is 10.6. The molecule has 0 aromatic carbocycles. The van der Waals surface area contributed by atoms with Gasteiger partial charge in [-0.1, -0.05) is 11.6 Å². The molecule has 1 aliphatic heterocycles. The van der Waals surface area contributed by atoms with Gasteiger partial charge in [-0.3, -0.25) is 0 Å². The van der Waals surface area contributed by atoms with Crippen molar-refractivity contribution in [3.05, 3.63) is 17.4 Å². The zero-order valence-corrected chi connectivity index (χ0v) is 9.44. The molecule has 0 N–H and O–H groups in total. The molecule has 1 fully saturated rings. The highest BCUT2D eigenvalue weighted by Gasteiger charge is 2.15. The second-order valence-electron chi connectivity index (χ2n) is 3.72. The molecule has 1 saturated heterocycles. The predicted molar refractivity (Wildman–Crippen MR) is 59.3 cm³/mol. The average Bonchev–Trinajstić information content (AvgIpc) is 2.43. The summed E-state index contributed by atoms with van der Waals surface area (Å²) in [5.74, 6) is 0. The lowest BCUT2D eigenvalue weighted by atomic mass is 10.3. The summed E-state index contributed by atoms with van der Waals surface area (Å²) >= 11 is 5.81. The molecule has 82 valence electrons. The molecule has 0 saturated carbocycles. The van der Waals surface area contributed by atoms with E-state index in [0.29, 0.717) is 5.15 Å². The van der Waals surface area contributed by atoms with Crippen LogP contribution in [0.15, 0.2) is 12.3 Å². The molecule has 2 heterocycles. The van der Waals surface area contributed by atoms with Crippen molar-refractivity contribution >= 4 is 17.3 Å². The Balaban J connectivity index is 2.14. The van der Waals surface area contributed by atoms with Gasteiger partial charge in [-0.05, 0) is 13.3 Å². The van der Waals surface area contributed by atoms with E-state index in [1.54, 1.807) is 6.20 Å². The molecule has 2 rings (SSSR count). The summed E-state index contributed by atoms with van der Waals surface area (Å²) in [7, 11) is 0. The van der Waals surface area contributed by atoms with Gasteiger partial charge in [0.15, 0.2) is 5.15 Å². The maximum absolute atomic E-state index is 5.81. The van der Waals surface area contributed by atoms with Crippen LogP contribution in [0.5, 0.6) is 0 Å². The third kappa shape index (κ3) is 2.79. The Morgan fingerprint density at radius 2 is 2.47 bits per heavy atom. The Morgan fingerprint density at radius 1 is 1.60 bits per heavy atom. The van der Waals surface area contributed by atoms with E-state index >= 15 is 0 Å². The van der Waals surface area contributed by atoms with Crippen molar-refractivity contribution in [3.63, 3.8) is 0 Å². The van der Waals surface area contributed by atoms with E-state index in [4.69, 9.17) is 16.3 Å². The summed E-state index contributed by atoms with van der Waals surface area (Å²) in [6, 6.07) is 1.84. The fraction of sp³-hybridized carbons (Fsp3) is 0.600. The third-order valence-corrected chi connectivity index (χ3v) is 2.61. The summed E-state index contributed by atoms with van der Waals surface area (Å²) in [4.78, 5) is 2.23. The molecule has 0 amide bonds. The first-order valence-electron chi connectivity index (χ1n) is 5.10. The number of ether oxygens (including phenoxy) is 1. The van der Waals surface area contributed by atoms with Crippen LogP contribution in [0.25, 0.3) is 0 Å². The predicted octanol–water partition coefficient (Wildman–Crippen LogP) is 1.75. The summed E-state index contributed by atoms with van der Waals surface area (Å²) in [5, 5.41) is 8.02. The smallest absolute Gasteiger partial charge is 0.153 e. The van der Waals surface area contributed by atoms with Crippen molar-refractivity contribution in [2.45, 2.75) is 19.4 Å². The first-order chi connectivity index (χ1) is 7.25. The number of anilines is 1. The largest absolute Gasteiger partial charge is 0.377 e. The molecule has 15 heavy (non-hydrogen) atoms. The lowest BCUT2D eigenvalue weighted by Gasteiger charge is -2.23. The van der Waals surface area contributed by atoms with Gasteiger partial charge in [0.05, 0.1) is 18.0 Å². The van der Waals surface area contributed by atoms with E-state index in [2.05, 4.69) is 22.0 Å². The molecule has 1 unspecified atom stereocenters. The molecule has 4 nitrogen and oxygen atoms in total. The van der Waals surface area contributed by atoms with Crippen LogP contribution in [0.4, 0.5) is 5.69 Å². The second-order valence-corrected chi connectivity index (χ2v) is 4.10. The SMILES string of the molecule is CC1CN(c2cnnc(Cl)c2)CCCO1. The molecule has 5 heteroatoms. The number of nitrogens with zero attached hydrogens (tertiary/aromatic N) is 3. The summed E-state index contributed by atoms with van der Waals surface area (Å²) in [6.07, 6.45) is 3.02. The normalized spacial score (nSPS) is 22.5. The molecule has 1 aliphatic rings. The third-order valence-electron chi connectivity index (χ3n) is 2.43. The van der Waals surface area contributed by atoms with Crippen LogP contribution < -0.4 is 4.90 Å². The highest BCUT2D eigenvalue weighted by Crippen LogP contribution is 2.18. The maximum Gasteiger partial charge on any atom is 0.153 e. The number of rotatable bonds is 1. The van der Waals surface area contributed by atoms with Gasteiger partial charge in [0.25, 0.3) is 0 Å². The molecule has 0 radical (unpaired) electrons. The Labute approximate surface area is 94.2 Å². The first-order valence-corrected chi connectivity index (χ1v) is 5.48. The Hall–Kier alpha value is -0.870. The highest BCUT2D eigenvalue weighted by atomic mass is 35.5. The minimum absolute atomic E-state index is 0.249. The molecule has 1 aromatic rings. The van der Waals surface area contributed by atoms with E-state index in [1.807, 2.05) is 6.07 Å². The maximum atomic E-state index is 5.81. The lowest BCUT2D eigenvalue weighted by molar-refractivity contribution is 0.0821. The van der Waals surface area contributed by atoms with Gasteiger partial charge in [0.1, 0.15) is 0 Å². The second kappa shape index (κ2) is 4.77. The van der Waals surface area contributed by atoms with Gasteiger partial charge < -0.3 is 9.64 Å². The van der Waals surface area contributed by atoms with E-state index in [1.165, 1.54) is 0 Å². The van der Waals surface area contributed by atoms with Crippen molar-refractivity contribution in [3.8, 4) is 0 Å². The van der Waals surface area contributed by atoms with Crippen LogP contribution in [0.2, 0.25) is 5.15 Å². The summed E-state index contributed by atoms with van der Waals surface area (Å²) in [6.45, 7) is 4.76. The number of hydrogen-bond acceptors (Lipinski definition) is 4. The van der Waals surface area contributed by atoms with Crippen molar-refractivity contribution in [2.75, 3.05) is 24.6 Å². The molecular weight excluding hydrogens is 214 g/mol. The van der Waals surface area contributed by atoms with Crippen LogP contribution in [0.3, 0.4) is 0 Å². The molecule has 1 aromatic heterocycles. The van der Waals surface area contributed by atoms with Crippen LogP contribution in [-0.2, 0) is 4.74 Å². The number of hydrogen-bond donors (Lipinski definition) is 0. The Bertz CT molecular complexity index is 334. The minimum Gasteiger partial charge on any atom is -0.377 e. The van der Waals surface area contributed by atoms with Gasteiger partial charge in [-0.25, -0.2) is 0 Å². The fourth-order valence-corrected chi connectivity index (χ4v) is 1.89. The highest BCUT2D eigenvalue weighted by molar-refractivity contribution is 6.29. The van der Waals surface area contributed by atoms with E-state index in [0.717, 1.165) is 31.8 Å². The van der Waals surface area contributed by atoms with Gasteiger partial charge in [0, 0.05) is 25.8 Å². The monoisotopic (exact) mass is 227 g/mol. The lowest BCUT2D eigenvalue weighted by Crippen LogP contribution is -2.30. The van der Waals surface area contributed by atoms with Crippen LogP contribution >= 0.6 is 11.6 Å². The summed E-state index contributed by atoms with van der Waals surface area (Å²) in [5.41, 5.74) is 1.02. The van der Waals surface area contributed by atoms with E-state index < -0.39 is 0 Å². The zero-order valence-electron chi connectivity index (χ0n) is 8.69. The van der Waals surface area contributed by atoms with Crippen LogP contribution in [0, 0.1) is 0 Å². The Kier molecular flexibility index (Phi) is 3.38. The molecule has 0 aliphatic carbocycles. The van der Waals surface area contributed by atoms with Gasteiger partial charge in [-0.15, -0.1) is 5.10 Å². The molecule has 0 spiro atoms. The zero-order chi connectivity index (χ0) is 10.7. The van der Waals surface area contributed by atoms with Crippen molar-refractivity contribution in [2.24, 2.45) is 0 Å². The topological polar surface area (TPSA) is 38.2 Å². The molecular formula is C10H14ClN3O. The number of halogens is 1. The quantitative estimate of drug-likeness (QED) is 0.733. The van der Waals surface area contributed by atoms with Gasteiger partial charge in [-0.2, -0.15) is 5.10 Å². The molecule has 0 bridgehead atoms.